The minimum Gasteiger partial charge on any atom is -0.272 e. The third-order valence-electron chi connectivity index (χ3n) is 2.72. The fourth-order valence-corrected chi connectivity index (χ4v) is 2.74. The number of hydrogen-bond donors (Lipinski definition) is 2. The molecule has 2 aromatic rings. The lowest BCUT2D eigenvalue weighted by molar-refractivity contribution is -0.119. The lowest BCUT2D eigenvalue weighted by Gasteiger charge is -2.07. The zero-order chi connectivity index (χ0) is 16.8. The number of thioether (sulfide) groups is 1. The molecule has 2 rings (SSSR count). The Balaban J connectivity index is 1.80. The van der Waals surface area contributed by atoms with E-state index in [4.69, 9.17) is 0 Å². The molecule has 1 aromatic carbocycles. The fraction of sp³-hybridized carbons (Fsp3) is 0.200. The Morgan fingerprint density at radius 1 is 1.09 bits per heavy atom. The number of amides is 2. The first-order valence-corrected chi connectivity index (χ1v) is 8.52. The van der Waals surface area contributed by atoms with Crippen molar-refractivity contribution in [3.8, 4) is 0 Å². The number of hydrogen-bond acceptors (Lipinski definition) is 5. The van der Waals surface area contributed by atoms with E-state index < -0.39 is 0 Å². The van der Waals surface area contributed by atoms with Crippen molar-refractivity contribution in [3.05, 3.63) is 51.8 Å². The fourth-order valence-electron chi connectivity index (χ4n) is 1.72. The zero-order valence-electron chi connectivity index (χ0n) is 12.6. The van der Waals surface area contributed by atoms with Crippen LogP contribution < -0.4 is 10.9 Å². The Hall–Kier alpha value is -1.93. The third kappa shape index (κ3) is 5.65. The molecular formula is C15H15BrN4O2S. The maximum atomic E-state index is 11.9. The summed E-state index contributed by atoms with van der Waals surface area (Å²) in [6.45, 7) is 3.74. The molecule has 2 N–H and O–H groups in total. The number of carbonyl (C=O) groups excluding carboxylic acids is 2. The van der Waals surface area contributed by atoms with Crippen LogP contribution in [0.15, 0.2) is 40.0 Å². The molecule has 0 spiro atoms. The normalized spacial score (nSPS) is 10.2. The van der Waals surface area contributed by atoms with Crippen molar-refractivity contribution in [2.45, 2.75) is 19.0 Å². The lowest BCUT2D eigenvalue weighted by atomic mass is 10.2. The van der Waals surface area contributed by atoms with Gasteiger partial charge in [-0.25, -0.2) is 9.97 Å². The Kier molecular flexibility index (Phi) is 6.12. The Morgan fingerprint density at radius 2 is 1.70 bits per heavy atom. The van der Waals surface area contributed by atoms with Crippen molar-refractivity contribution in [2.24, 2.45) is 0 Å². The van der Waals surface area contributed by atoms with Gasteiger partial charge in [0.2, 0.25) is 5.91 Å². The van der Waals surface area contributed by atoms with Crippen LogP contribution in [0, 0.1) is 13.8 Å². The van der Waals surface area contributed by atoms with Gasteiger partial charge in [-0.15, -0.1) is 0 Å². The Morgan fingerprint density at radius 3 is 2.30 bits per heavy atom. The monoisotopic (exact) mass is 394 g/mol. The molecule has 0 radical (unpaired) electrons. The van der Waals surface area contributed by atoms with E-state index in [0.717, 1.165) is 15.9 Å². The van der Waals surface area contributed by atoms with Crippen LogP contribution in [0.4, 0.5) is 0 Å². The third-order valence-corrected chi connectivity index (χ3v) is 4.09. The summed E-state index contributed by atoms with van der Waals surface area (Å²) in [4.78, 5) is 32.1. The van der Waals surface area contributed by atoms with E-state index in [2.05, 4.69) is 36.7 Å². The molecule has 8 heteroatoms. The van der Waals surface area contributed by atoms with Gasteiger partial charge in [0.05, 0.1) is 5.75 Å². The maximum Gasteiger partial charge on any atom is 0.269 e. The molecule has 120 valence electrons. The van der Waals surface area contributed by atoms with Crippen LogP contribution in [0.1, 0.15) is 21.7 Å². The van der Waals surface area contributed by atoms with Crippen LogP contribution in [-0.2, 0) is 4.79 Å². The summed E-state index contributed by atoms with van der Waals surface area (Å²) in [6, 6.07) is 8.68. The molecule has 1 heterocycles. The van der Waals surface area contributed by atoms with Gasteiger partial charge in [0.25, 0.3) is 5.91 Å². The second kappa shape index (κ2) is 8.07. The largest absolute Gasteiger partial charge is 0.272 e. The second-order valence-corrected chi connectivity index (χ2v) is 6.59. The first-order chi connectivity index (χ1) is 10.9. The molecule has 6 nitrogen and oxygen atoms in total. The second-order valence-electron chi connectivity index (χ2n) is 4.73. The highest BCUT2D eigenvalue weighted by Gasteiger charge is 2.09. The lowest BCUT2D eigenvalue weighted by Crippen LogP contribution is -2.42. The molecule has 0 aliphatic carbocycles. The number of aromatic nitrogens is 2. The minimum atomic E-state index is -0.376. The first-order valence-electron chi connectivity index (χ1n) is 6.74. The average Bonchev–Trinajstić information content (AvgIpc) is 2.50. The number of carbonyl (C=O) groups is 2. The molecule has 0 saturated heterocycles. The van der Waals surface area contributed by atoms with Crippen LogP contribution in [0.25, 0.3) is 0 Å². The smallest absolute Gasteiger partial charge is 0.269 e. The summed E-state index contributed by atoms with van der Waals surface area (Å²) in [5, 5.41) is 0.539. The Bertz CT molecular complexity index is 702. The van der Waals surface area contributed by atoms with Gasteiger partial charge in [0.1, 0.15) is 0 Å². The molecule has 0 atom stereocenters. The molecule has 0 unspecified atom stereocenters. The van der Waals surface area contributed by atoms with Crippen molar-refractivity contribution >= 4 is 39.5 Å². The topological polar surface area (TPSA) is 84.0 Å². The maximum absolute atomic E-state index is 11.9. The van der Waals surface area contributed by atoms with Gasteiger partial charge < -0.3 is 0 Å². The van der Waals surface area contributed by atoms with Gasteiger partial charge in [-0.3, -0.25) is 20.4 Å². The van der Waals surface area contributed by atoms with Crippen molar-refractivity contribution in [1.82, 2.24) is 20.8 Å². The molecule has 0 bridgehead atoms. The summed E-state index contributed by atoms with van der Waals surface area (Å²) in [5.74, 6) is -0.592. The minimum absolute atomic E-state index is 0.115. The highest BCUT2D eigenvalue weighted by atomic mass is 79.9. The van der Waals surface area contributed by atoms with Gasteiger partial charge in [-0.05, 0) is 44.2 Å². The van der Waals surface area contributed by atoms with Crippen LogP contribution in [0.2, 0.25) is 0 Å². The molecule has 0 saturated carbocycles. The van der Waals surface area contributed by atoms with Crippen molar-refractivity contribution < 1.29 is 9.59 Å². The van der Waals surface area contributed by atoms with E-state index in [9.17, 15) is 9.59 Å². The molecule has 0 aliphatic heterocycles. The molecule has 0 fully saturated rings. The highest BCUT2D eigenvalue weighted by molar-refractivity contribution is 9.10. The number of hydrazine groups is 1. The number of nitrogens with one attached hydrogen (secondary N) is 2. The molecule has 2 amide bonds. The van der Waals surface area contributed by atoms with Gasteiger partial charge in [0, 0.05) is 21.4 Å². The van der Waals surface area contributed by atoms with E-state index >= 15 is 0 Å². The van der Waals surface area contributed by atoms with Gasteiger partial charge in [-0.2, -0.15) is 0 Å². The molecule has 23 heavy (non-hydrogen) atoms. The number of benzene rings is 1. The molecule has 1 aromatic heterocycles. The van der Waals surface area contributed by atoms with E-state index in [1.54, 1.807) is 24.3 Å². The van der Waals surface area contributed by atoms with Crippen molar-refractivity contribution in [2.75, 3.05) is 5.75 Å². The van der Waals surface area contributed by atoms with Crippen LogP contribution in [0.5, 0.6) is 0 Å². The van der Waals surface area contributed by atoms with Crippen LogP contribution >= 0.6 is 27.7 Å². The predicted molar refractivity (Wildman–Crippen MR) is 92.0 cm³/mol. The van der Waals surface area contributed by atoms with Crippen LogP contribution in [0.3, 0.4) is 0 Å². The SMILES string of the molecule is Cc1cc(C)nc(SCC(=O)NNC(=O)c2ccc(Br)cc2)n1. The first kappa shape index (κ1) is 17.4. The highest BCUT2D eigenvalue weighted by Crippen LogP contribution is 2.13. The van der Waals surface area contributed by atoms with E-state index in [1.807, 2.05) is 19.9 Å². The molecule has 0 aliphatic rings. The quantitative estimate of drug-likeness (QED) is 0.472. The summed E-state index contributed by atoms with van der Waals surface area (Å²) in [5.41, 5.74) is 6.90. The summed E-state index contributed by atoms with van der Waals surface area (Å²) >= 11 is 4.51. The number of rotatable bonds is 4. The number of halogens is 1. The standard InChI is InChI=1S/C15H15BrN4O2S/c1-9-7-10(2)18-15(17-9)23-8-13(21)19-20-14(22)11-3-5-12(16)6-4-11/h3-7H,8H2,1-2H3,(H,19,21)(H,20,22). The van der Waals surface area contributed by atoms with Gasteiger partial charge in [0.15, 0.2) is 5.16 Å². The van der Waals surface area contributed by atoms with Crippen molar-refractivity contribution in [1.29, 1.82) is 0 Å². The number of nitrogens with zero attached hydrogens (tertiary/aromatic N) is 2. The number of aryl methyl sites for hydroxylation is 2. The summed E-state index contributed by atoms with van der Waals surface area (Å²) in [6.07, 6.45) is 0. The zero-order valence-corrected chi connectivity index (χ0v) is 15.0. The molecular weight excluding hydrogens is 380 g/mol. The summed E-state index contributed by atoms with van der Waals surface area (Å²) in [7, 11) is 0. The van der Waals surface area contributed by atoms with E-state index in [-0.39, 0.29) is 17.6 Å². The van der Waals surface area contributed by atoms with Gasteiger partial charge in [-0.1, -0.05) is 27.7 Å². The summed E-state index contributed by atoms with van der Waals surface area (Å²) < 4.78 is 0.878. The van der Waals surface area contributed by atoms with E-state index in [1.165, 1.54) is 11.8 Å². The van der Waals surface area contributed by atoms with Crippen molar-refractivity contribution in [3.63, 3.8) is 0 Å². The average molecular weight is 395 g/mol. The predicted octanol–water partition coefficient (Wildman–Crippen LogP) is 2.41. The van der Waals surface area contributed by atoms with Gasteiger partial charge >= 0.3 is 0 Å². The Labute approximate surface area is 146 Å². The van der Waals surface area contributed by atoms with Crippen LogP contribution in [-0.4, -0.2) is 27.5 Å². The van der Waals surface area contributed by atoms with E-state index in [0.29, 0.717) is 10.7 Å².